The molecule has 13 heteroatoms. The number of carbonyl (C=O) groups is 2. The summed E-state index contributed by atoms with van der Waals surface area (Å²) in [6, 6.07) is -1.10. The summed E-state index contributed by atoms with van der Waals surface area (Å²) in [5.74, 6) is -1.98. The Labute approximate surface area is 166 Å². The van der Waals surface area contributed by atoms with Gasteiger partial charge in [-0.1, -0.05) is 0 Å². The molecule has 168 valence electrons. The van der Waals surface area contributed by atoms with Crippen molar-refractivity contribution in [3.05, 3.63) is 0 Å². The molecule has 0 aromatic rings. The van der Waals surface area contributed by atoms with Crippen LogP contribution in [0, 0.1) is 0 Å². The summed E-state index contributed by atoms with van der Waals surface area (Å²) >= 11 is 0. The molecule has 2 aliphatic rings. The van der Waals surface area contributed by atoms with Crippen LogP contribution in [0.3, 0.4) is 0 Å². The Morgan fingerprint density at radius 2 is 1.62 bits per heavy atom. The van der Waals surface area contributed by atoms with E-state index in [4.69, 9.17) is 23.7 Å². The van der Waals surface area contributed by atoms with Gasteiger partial charge in [0.15, 0.2) is 18.7 Å². The van der Waals surface area contributed by atoms with Gasteiger partial charge in [0.25, 0.3) is 0 Å². The van der Waals surface area contributed by atoms with E-state index in [9.17, 15) is 35.1 Å². The normalized spacial score (nSPS) is 43.0. The van der Waals surface area contributed by atoms with Crippen molar-refractivity contribution in [2.24, 2.45) is 0 Å². The number of rotatable bonds is 7. The van der Waals surface area contributed by atoms with Gasteiger partial charge in [0, 0.05) is 21.1 Å². The SMILES string of the molecule is CO[C@@H]1OC(CO)[C@@H](O)[C@H](O[C@@H]2OC(C(=O)O)[C@H](OC)[C@H](O)C2O)C1NC(C)=O. The summed E-state index contributed by atoms with van der Waals surface area (Å²) in [5.41, 5.74) is 0. The number of carboxylic acids is 1. The molecule has 2 saturated heterocycles. The number of ether oxygens (including phenoxy) is 5. The van der Waals surface area contributed by atoms with Gasteiger partial charge in [-0.15, -0.1) is 0 Å². The largest absolute Gasteiger partial charge is 0.479 e. The van der Waals surface area contributed by atoms with Gasteiger partial charge in [-0.2, -0.15) is 0 Å². The van der Waals surface area contributed by atoms with E-state index in [0.29, 0.717) is 0 Å². The van der Waals surface area contributed by atoms with Crippen molar-refractivity contribution in [3.8, 4) is 0 Å². The average molecular weight is 425 g/mol. The Balaban J connectivity index is 2.30. The molecule has 2 heterocycles. The van der Waals surface area contributed by atoms with Crippen LogP contribution in [0.5, 0.6) is 0 Å². The maximum absolute atomic E-state index is 11.6. The molecule has 13 nitrogen and oxygen atoms in total. The molecule has 0 aromatic carbocycles. The lowest BCUT2D eigenvalue weighted by molar-refractivity contribution is -0.339. The summed E-state index contributed by atoms with van der Waals surface area (Å²) in [6.07, 6.45) is -13.3. The number of carboxylic acid groups (broad SMARTS) is 1. The van der Waals surface area contributed by atoms with Crippen LogP contribution in [0.4, 0.5) is 0 Å². The summed E-state index contributed by atoms with van der Waals surface area (Å²) in [5, 5.41) is 52.3. The molecule has 0 radical (unpaired) electrons. The summed E-state index contributed by atoms with van der Waals surface area (Å²) in [6.45, 7) is 0.585. The maximum Gasteiger partial charge on any atom is 0.335 e. The first-order chi connectivity index (χ1) is 13.7. The van der Waals surface area contributed by atoms with Crippen molar-refractivity contribution in [2.75, 3.05) is 20.8 Å². The predicted octanol–water partition coefficient (Wildman–Crippen LogP) is -3.85. The van der Waals surface area contributed by atoms with Crippen molar-refractivity contribution in [2.45, 2.75) is 68.3 Å². The second kappa shape index (κ2) is 10.1. The fraction of sp³-hybridized carbons (Fsp3) is 0.875. The number of aliphatic carboxylic acids is 1. The van der Waals surface area contributed by atoms with Crippen molar-refractivity contribution >= 4 is 11.9 Å². The third-order valence-corrected chi connectivity index (χ3v) is 4.81. The van der Waals surface area contributed by atoms with Crippen molar-refractivity contribution in [3.63, 3.8) is 0 Å². The lowest BCUT2D eigenvalue weighted by atomic mass is 9.95. The summed E-state index contributed by atoms with van der Waals surface area (Å²) in [4.78, 5) is 23.0. The van der Waals surface area contributed by atoms with Gasteiger partial charge >= 0.3 is 5.97 Å². The minimum Gasteiger partial charge on any atom is -0.479 e. The lowest BCUT2D eigenvalue weighted by Crippen LogP contribution is -2.68. The fourth-order valence-electron chi connectivity index (χ4n) is 3.39. The molecule has 0 saturated carbocycles. The van der Waals surface area contributed by atoms with Gasteiger partial charge < -0.3 is 54.5 Å². The zero-order valence-corrected chi connectivity index (χ0v) is 16.1. The van der Waals surface area contributed by atoms with Crippen LogP contribution < -0.4 is 5.32 Å². The zero-order valence-electron chi connectivity index (χ0n) is 16.1. The van der Waals surface area contributed by atoms with Crippen LogP contribution in [0.25, 0.3) is 0 Å². The van der Waals surface area contributed by atoms with E-state index in [0.717, 1.165) is 7.11 Å². The molecule has 29 heavy (non-hydrogen) atoms. The number of nitrogens with one attached hydrogen (secondary N) is 1. The number of amides is 1. The highest BCUT2D eigenvalue weighted by molar-refractivity contribution is 5.73. The molecular formula is C16H27NO12. The molecule has 0 bridgehead atoms. The van der Waals surface area contributed by atoms with Gasteiger partial charge in [-0.05, 0) is 0 Å². The molecule has 6 N–H and O–H groups in total. The third-order valence-electron chi connectivity index (χ3n) is 4.81. The molecule has 2 fully saturated rings. The maximum atomic E-state index is 11.6. The van der Waals surface area contributed by atoms with Crippen LogP contribution >= 0.6 is 0 Å². The van der Waals surface area contributed by atoms with E-state index >= 15 is 0 Å². The minimum atomic E-state index is -1.74. The van der Waals surface area contributed by atoms with Gasteiger partial charge in [0.05, 0.1) is 6.61 Å². The van der Waals surface area contributed by atoms with Gasteiger partial charge in [-0.3, -0.25) is 4.79 Å². The van der Waals surface area contributed by atoms with E-state index in [1.165, 1.54) is 14.0 Å². The lowest BCUT2D eigenvalue weighted by Gasteiger charge is -2.47. The molecule has 0 aliphatic carbocycles. The first-order valence-corrected chi connectivity index (χ1v) is 8.83. The molecule has 0 aromatic heterocycles. The van der Waals surface area contributed by atoms with Crippen LogP contribution in [-0.4, -0.2) is 120 Å². The number of methoxy groups -OCH3 is 2. The monoisotopic (exact) mass is 425 g/mol. The van der Waals surface area contributed by atoms with Crippen molar-refractivity contribution in [1.29, 1.82) is 0 Å². The third kappa shape index (κ3) is 5.02. The van der Waals surface area contributed by atoms with Crippen LogP contribution in [0.15, 0.2) is 0 Å². The number of aliphatic hydroxyl groups is 4. The van der Waals surface area contributed by atoms with E-state index in [1.807, 2.05) is 0 Å². The number of hydrogen-bond acceptors (Lipinski definition) is 11. The van der Waals surface area contributed by atoms with Crippen LogP contribution in [0.1, 0.15) is 6.92 Å². The van der Waals surface area contributed by atoms with Crippen LogP contribution in [0.2, 0.25) is 0 Å². The molecule has 2 rings (SSSR count). The van der Waals surface area contributed by atoms with E-state index in [-0.39, 0.29) is 0 Å². The second-order valence-corrected chi connectivity index (χ2v) is 6.72. The Bertz CT molecular complexity index is 576. The fourth-order valence-corrected chi connectivity index (χ4v) is 3.39. The van der Waals surface area contributed by atoms with Crippen molar-refractivity contribution < 1.29 is 58.8 Å². The predicted molar refractivity (Wildman–Crippen MR) is 90.3 cm³/mol. The standard InChI is InChI=1S/C16H27NO12/c1-5(19)17-7-11(8(20)6(4-18)27-15(7)26-3)28-16-10(22)9(21)12(25-2)13(29-16)14(23)24/h6-13,15-16,18,20-22H,4H2,1-3H3,(H,17,19)(H,23,24)/t6?,7?,8-,9-,10?,11-,12-,13?,15-,16-/m1/s1. The highest BCUT2D eigenvalue weighted by atomic mass is 16.7. The highest BCUT2D eigenvalue weighted by Gasteiger charge is 2.53. The van der Waals surface area contributed by atoms with E-state index < -0.39 is 79.8 Å². The zero-order chi connectivity index (χ0) is 21.9. The Morgan fingerprint density at radius 1 is 0.966 bits per heavy atom. The first-order valence-electron chi connectivity index (χ1n) is 8.83. The van der Waals surface area contributed by atoms with Crippen molar-refractivity contribution in [1.82, 2.24) is 5.32 Å². The van der Waals surface area contributed by atoms with E-state index in [2.05, 4.69) is 5.32 Å². The number of hydrogen-bond donors (Lipinski definition) is 6. The average Bonchev–Trinajstić information content (AvgIpc) is 2.67. The second-order valence-electron chi connectivity index (χ2n) is 6.72. The molecule has 0 spiro atoms. The Kier molecular flexibility index (Phi) is 8.28. The Hall–Kier alpha value is -1.42. The molecular weight excluding hydrogens is 398 g/mol. The van der Waals surface area contributed by atoms with E-state index in [1.54, 1.807) is 0 Å². The van der Waals surface area contributed by atoms with Gasteiger partial charge in [0.1, 0.15) is 42.7 Å². The molecule has 4 unspecified atom stereocenters. The molecule has 1 amide bonds. The molecule has 10 atom stereocenters. The molecule has 2 aliphatic heterocycles. The number of aliphatic hydroxyl groups excluding tert-OH is 4. The van der Waals surface area contributed by atoms with Gasteiger partial charge in [-0.25, -0.2) is 4.79 Å². The Morgan fingerprint density at radius 3 is 2.10 bits per heavy atom. The quantitative estimate of drug-likeness (QED) is 0.233. The first kappa shape index (κ1) is 23.9. The smallest absolute Gasteiger partial charge is 0.335 e. The van der Waals surface area contributed by atoms with Crippen LogP contribution in [-0.2, 0) is 33.3 Å². The minimum absolute atomic E-state index is 0.517. The summed E-state index contributed by atoms with van der Waals surface area (Å²) < 4.78 is 26.3. The van der Waals surface area contributed by atoms with Gasteiger partial charge in [0.2, 0.25) is 5.91 Å². The topological polar surface area (TPSA) is 193 Å². The highest BCUT2D eigenvalue weighted by Crippen LogP contribution is 2.30. The number of carbonyl (C=O) groups excluding carboxylic acids is 1. The summed E-state index contributed by atoms with van der Waals surface area (Å²) in [7, 11) is 2.41.